The van der Waals surface area contributed by atoms with E-state index in [1.807, 2.05) is 0 Å². The highest BCUT2D eigenvalue weighted by molar-refractivity contribution is 6.18. The molecule has 0 saturated heterocycles. The Morgan fingerprint density at radius 1 is 1.19 bits per heavy atom. The molecule has 1 aromatic heterocycles. The summed E-state index contributed by atoms with van der Waals surface area (Å²) in [5.74, 6) is -0.369. The molecule has 0 aliphatic rings. The Balaban J connectivity index is 0.00000243. The fraction of sp³-hybridized carbons (Fsp3) is 0.222. The minimum absolute atomic E-state index is 0. The van der Waals surface area contributed by atoms with E-state index < -0.39 is 6.09 Å². The highest BCUT2D eigenvalue weighted by Crippen LogP contribution is 2.43. The van der Waals surface area contributed by atoms with E-state index in [0.717, 1.165) is 0 Å². The van der Waals surface area contributed by atoms with Gasteiger partial charge in [-0.3, -0.25) is 9.69 Å². The topological polar surface area (TPSA) is 117 Å². The Bertz CT molecular complexity index is 983. The average molecular weight is 379 g/mol. The van der Waals surface area contributed by atoms with E-state index in [9.17, 15) is 19.8 Å². The standard InChI is InChI=1S/C18H18N2O5.ClH/c1-10(21)14-9-13-15(20(18(23)24)8-4-7-19)11-5-2-3-6-12(11)16(22)17(13)25-14;/h2-3,5-6,9,22H,4,7-8,19H2,1H3,(H,23,24);1H. The molecule has 0 saturated carbocycles. The average Bonchev–Trinajstić information content (AvgIpc) is 3.03. The van der Waals surface area contributed by atoms with Gasteiger partial charge < -0.3 is 20.4 Å². The Morgan fingerprint density at radius 2 is 1.85 bits per heavy atom. The quantitative estimate of drug-likeness (QED) is 0.582. The summed E-state index contributed by atoms with van der Waals surface area (Å²) < 4.78 is 5.50. The number of furan rings is 1. The lowest BCUT2D eigenvalue weighted by Gasteiger charge is -2.22. The van der Waals surface area contributed by atoms with Crippen molar-refractivity contribution in [2.45, 2.75) is 13.3 Å². The number of phenolic OH excluding ortho intramolecular Hbond substituents is 1. The summed E-state index contributed by atoms with van der Waals surface area (Å²) in [4.78, 5) is 24.7. The van der Waals surface area contributed by atoms with Crippen LogP contribution in [-0.2, 0) is 0 Å². The zero-order valence-electron chi connectivity index (χ0n) is 14.1. The van der Waals surface area contributed by atoms with E-state index in [-0.39, 0.29) is 41.8 Å². The summed E-state index contributed by atoms with van der Waals surface area (Å²) in [6, 6.07) is 8.36. The second-order valence-corrected chi connectivity index (χ2v) is 5.73. The van der Waals surface area contributed by atoms with Crippen LogP contribution in [0.5, 0.6) is 5.75 Å². The van der Waals surface area contributed by atoms with Crippen LogP contribution in [0.15, 0.2) is 34.7 Å². The van der Waals surface area contributed by atoms with E-state index in [0.29, 0.717) is 34.8 Å². The van der Waals surface area contributed by atoms with Gasteiger partial charge in [0, 0.05) is 29.6 Å². The summed E-state index contributed by atoms with van der Waals surface area (Å²) in [7, 11) is 0. The largest absolute Gasteiger partial charge is 0.504 e. The number of aromatic hydroxyl groups is 1. The number of hydrogen-bond donors (Lipinski definition) is 3. The SMILES string of the molecule is CC(=O)c1cc2c(N(CCCN)C(=O)O)c3ccccc3c(O)c2o1.Cl. The molecule has 8 heteroatoms. The number of amides is 1. The minimum atomic E-state index is -1.14. The van der Waals surface area contributed by atoms with Crippen LogP contribution in [0.1, 0.15) is 23.9 Å². The summed E-state index contributed by atoms with van der Waals surface area (Å²) in [6.07, 6.45) is -0.670. The van der Waals surface area contributed by atoms with Crippen LogP contribution in [0, 0.1) is 0 Å². The van der Waals surface area contributed by atoms with Crippen LogP contribution in [0.2, 0.25) is 0 Å². The van der Waals surface area contributed by atoms with Crippen LogP contribution < -0.4 is 10.6 Å². The minimum Gasteiger partial charge on any atom is -0.504 e. The number of nitrogens with two attached hydrogens (primary N) is 1. The van der Waals surface area contributed by atoms with Crippen LogP contribution in [0.25, 0.3) is 21.7 Å². The first-order chi connectivity index (χ1) is 12.0. The lowest BCUT2D eigenvalue weighted by atomic mass is 10.0. The van der Waals surface area contributed by atoms with Crippen LogP contribution in [-0.4, -0.2) is 35.2 Å². The van der Waals surface area contributed by atoms with Gasteiger partial charge in [0.15, 0.2) is 22.9 Å². The molecule has 0 aliphatic heterocycles. The number of nitrogens with zero attached hydrogens (tertiary/aromatic N) is 1. The lowest BCUT2D eigenvalue weighted by Crippen LogP contribution is -2.31. The van der Waals surface area contributed by atoms with Crippen molar-refractivity contribution in [1.82, 2.24) is 0 Å². The zero-order valence-corrected chi connectivity index (χ0v) is 14.9. The molecule has 0 unspecified atom stereocenters. The van der Waals surface area contributed by atoms with Gasteiger partial charge in [0.25, 0.3) is 0 Å². The van der Waals surface area contributed by atoms with Crippen molar-refractivity contribution in [1.29, 1.82) is 0 Å². The molecule has 138 valence electrons. The van der Waals surface area contributed by atoms with Gasteiger partial charge >= 0.3 is 6.09 Å². The second-order valence-electron chi connectivity index (χ2n) is 5.73. The molecule has 3 aromatic rings. The highest BCUT2D eigenvalue weighted by Gasteiger charge is 2.25. The number of phenols is 1. The van der Waals surface area contributed by atoms with Crippen molar-refractivity contribution in [2.75, 3.05) is 18.0 Å². The number of rotatable bonds is 5. The third kappa shape index (κ3) is 3.18. The van der Waals surface area contributed by atoms with Gasteiger partial charge in [-0.15, -0.1) is 12.4 Å². The number of carboxylic acid groups (broad SMARTS) is 1. The van der Waals surface area contributed by atoms with Gasteiger partial charge in [0.05, 0.1) is 5.69 Å². The molecule has 4 N–H and O–H groups in total. The monoisotopic (exact) mass is 378 g/mol. The van der Waals surface area contributed by atoms with Gasteiger partial charge in [-0.2, -0.15) is 0 Å². The first-order valence-corrected chi connectivity index (χ1v) is 7.84. The van der Waals surface area contributed by atoms with Gasteiger partial charge in [-0.25, -0.2) is 4.79 Å². The maximum absolute atomic E-state index is 11.8. The fourth-order valence-electron chi connectivity index (χ4n) is 2.92. The Hall–Kier alpha value is -2.77. The molecule has 0 radical (unpaired) electrons. The van der Waals surface area contributed by atoms with Crippen LogP contribution >= 0.6 is 12.4 Å². The Labute approximate surface area is 155 Å². The van der Waals surface area contributed by atoms with Crippen molar-refractivity contribution in [3.8, 4) is 5.75 Å². The molecular weight excluding hydrogens is 360 g/mol. The van der Waals surface area contributed by atoms with E-state index in [1.54, 1.807) is 24.3 Å². The number of carbonyl (C=O) groups is 2. The number of fused-ring (bicyclic) bond motifs is 2. The first kappa shape index (κ1) is 19.6. The molecule has 1 heterocycles. The van der Waals surface area contributed by atoms with Gasteiger partial charge in [-0.1, -0.05) is 24.3 Å². The van der Waals surface area contributed by atoms with Crippen molar-refractivity contribution in [2.24, 2.45) is 5.73 Å². The normalized spacial score (nSPS) is 10.7. The number of carbonyl (C=O) groups excluding carboxylic acids is 1. The molecule has 2 aromatic carbocycles. The van der Waals surface area contributed by atoms with Crippen molar-refractivity contribution in [3.05, 3.63) is 36.1 Å². The predicted octanol–water partition coefficient (Wildman–Crippen LogP) is 3.75. The molecule has 0 atom stereocenters. The highest BCUT2D eigenvalue weighted by atomic mass is 35.5. The summed E-state index contributed by atoms with van der Waals surface area (Å²) in [5.41, 5.74) is 6.00. The zero-order chi connectivity index (χ0) is 18.1. The van der Waals surface area contributed by atoms with E-state index in [4.69, 9.17) is 10.2 Å². The number of anilines is 1. The Kier molecular flexibility index (Phi) is 5.74. The summed E-state index contributed by atoms with van der Waals surface area (Å²) in [5, 5.41) is 21.6. The van der Waals surface area contributed by atoms with E-state index >= 15 is 0 Å². The van der Waals surface area contributed by atoms with Gasteiger partial charge in [-0.05, 0) is 19.0 Å². The van der Waals surface area contributed by atoms with Crippen molar-refractivity contribution >= 4 is 51.7 Å². The lowest BCUT2D eigenvalue weighted by molar-refractivity contribution is 0.0989. The third-order valence-electron chi connectivity index (χ3n) is 4.07. The molecule has 0 spiro atoms. The molecule has 26 heavy (non-hydrogen) atoms. The Morgan fingerprint density at radius 3 is 2.42 bits per heavy atom. The second kappa shape index (κ2) is 7.63. The predicted molar refractivity (Wildman–Crippen MR) is 102 cm³/mol. The smallest absolute Gasteiger partial charge is 0.411 e. The number of benzene rings is 2. The maximum atomic E-state index is 11.8. The van der Waals surface area contributed by atoms with Gasteiger partial charge in [0.1, 0.15) is 0 Å². The molecule has 0 aliphatic carbocycles. The molecular formula is C18H19ClN2O5. The summed E-state index contributed by atoms with van der Waals surface area (Å²) in [6.45, 7) is 1.88. The molecule has 1 amide bonds. The van der Waals surface area contributed by atoms with Crippen LogP contribution in [0.3, 0.4) is 0 Å². The van der Waals surface area contributed by atoms with Crippen LogP contribution in [0.4, 0.5) is 10.5 Å². The van der Waals surface area contributed by atoms with E-state index in [2.05, 4.69) is 0 Å². The summed E-state index contributed by atoms with van der Waals surface area (Å²) >= 11 is 0. The molecule has 0 bridgehead atoms. The maximum Gasteiger partial charge on any atom is 0.411 e. The molecule has 0 fully saturated rings. The fourth-order valence-corrected chi connectivity index (χ4v) is 2.92. The third-order valence-corrected chi connectivity index (χ3v) is 4.07. The van der Waals surface area contributed by atoms with Crippen molar-refractivity contribution < 1.29 is 24.2 Å². The van der Waals surface area contributed by atoms with Gasteiger partial charge in [0.2, 0.25) is 0 Å². The molecule has 3 rings (SSSR count). The number of halogens is 1. The van der Waals surface area contributed by atoms with E-state index in [1.165, 1.54) is 17.9 Å². The first-order valence-electron chi connectivity index (χ1n) is 7.84. The number of Topliss-reactive ketones (excluding diaryl/α,β-unsaturated/α-hetero) is 1. The van der Waals surface area contributed by atoms with Crippen molar-refractivity contribution in [3.63, 3.8) is 0 Å². The molecule has 7 nitrogen and oxygen atoms in total. The number of ketones is 1. The number of hydrogen-bond acceptors (Lipinski definition) is 5.